The highest BCUT2D eigenvalue weighted by atomic mass is 16.5. The Labute approximate surface area is 131 Å². The number of hydrogen-bond donors (Lipinski definition) is 2. The lowest BCUT2D eigenvalue weighted by Gasteiger charge is -2.25. The first kappa shape index (κ1) is 16.5. The maximum atomic E-state index is 12.1. The molecule has 0 aliphatic heterocycles. The van der Waals surface area contributed by atoms with Crippen LogP contribution in [0.1, 0.15) is 41.8 Å². The molecule has 0 atom stereocenters. The van der Waals surface area contributed by atoms with Gasteiger partial charge in [-0.3, -0.25) is 9.59 Å². The van der Waals surface area contributed by atoms with Crippen LogP contribution in [-0.4, -0.2) is 37.6 Å². The van der Waals surface area contributed by atoms with Crippen LogP contribution in [0.15, 0.2) is 18.2 Å². The fraction of sp³-hybridized carbons (Fsp3) is 0.529. The summed E-state index contributed by atoms with van der Waals surface area (Å²) < 4.78 is 5.04. The summed E-state index contributed by atoms with van der Waals surface area (Å²) in [5.74, 6) is -0.439. The van der Waals surface area contributed by atoms with Crippen LogP contribution in [0.4, 0.5) is 0 Å². The zero-order chi connectivity index (χ0) is 16.2. The molecule has 0 saturated carbocycles. The van der Waals surface area contributed by atoms with Crippen molar-refractivity contribution in [2.24, 2.45) is 0 Å². The fourth-order valence-electron chi connectivity index (χ4n) is 2.79. The molecule has 0 aromatic heterocycles. The minimum absolute atomic E-state index is 0.0386. The summed E-state index contributed by atoms with van der Waals surface area (Å²) in [5, 5.41) is 5.49. The van der Waals surface area contributed by atoms with Crippen molar-refractivity contribution in [3.8, 4) is 0 Å². The van der Waals surface area contributed by atoms with E-state index in [0.717, 1.165) is 19.3 Å². The molecule has 2 N–H and O–H groups in total. The van der Waals surface area contributed by atoms with Gasteiger partial charge in [-0.2, -0.15) is 0 Å². The molecule has 22 heavy (non-hydrogen) atoms. The van der Waals surface area contributed by atoms with Gasteiger partial charge in [0, 0.05) is 12.7 Å². The normalized spacial score (nSPS) is 13.6. The van der Waals surface area contributed by atoms with Gasteiger partial charge in [-0.1, -0.05) is 6.07 Å². The van der Waals surface area contributed by atoms with Crippen molar-refractivity contribution in [1.29, 1.82) is 0 Å². The number of fused-ring (bicyclic) bond motifs is 1. The van der Waals surface area contributed by atoms with Crippen LogP contribution in [0.5, 0.6) is 0 Å². The summed E-state index contributed by atoms with van der Waals surface area (Å²) in [5.41, 5.74) is 2.74. The molecule has 2 rings (SSSR count). The number of aryl methyl sites for hydroxylation is 2. The monoisotopic (exact) mass is 304 g/mol. The Kier molecular flexibility index (Phi) is 5.19. The predicted octanol–water partition coefficient (Wildman–Crippen LogP) is 1.45. The first-order valence-corrected chi connectivity index (χ1v) is 7.61. The van der Waals surface area contributed by atoms with E-state index in [9.17, 15) is 9.59 Å². The molecule has 1 aromatic rings. The topological polar surface area (TPSA) is 67.4 Å². The smallest absolute Gasteiger partial charge is 0.251 e. The third-order valence-electron chi connectivity index (χ3n) is 3.75. The highest BCUT2D eigenvalue weighted by Gasteiger charge is 2.20. The van der Waals surface area contributed by atoms with Crippen LogP contribution < -0.4 is 10.6 Å². The van der Waals surface area contributed by atoms with E-state index in [2.05, 4.69) is 10.6 Å². The van der Waals surface area contributed by atoms with Gasteiger partial charge in [0.15, 0.2) is 0 Å². The third-order valence-corrected chi connectivity index (χ3v) is 3.75. The van der Waals surface area contributed by atoms with Crippen LogP contribution >= 0.6 is 0 Å². The summed E-state index contributed by atoms with van der Waals surface area (Å²) in [4.78, 5) is 24.0. The maximum absolute atomic E-state index is 12.1. The first-order chi connectivity index (χ1) is 10.4. The van der Waals surface area contributed by atoms with Gasteiger partial charge < -0.3 is 15.4 Å². The highest BCUT2D eigenvalue weighted by molar-refractivity contribution is 5.96. The van der Waals surface area contributed by atoms with Crippen molar-refractivity contribution in [2.75, 3.05) is 20.3 Å². The summed E-state index contributed by atoms with van der Waals surface area (Å²) in [6, 6.07) is 5.77. The second-order valence-electron chi connectivity index (χ2n) is 6.38. The Morgan fingerprint density at radius 3 is 2.68 bits per heavy atom. The van der Waals surface area contributed by atoms with Crippen LogP contribution in [-0.2, 0) is 22.4 Å². The Hall–Kier alpha value is -1.88. The van der Waals surface area contributed by atoms with Gasteiger partial charge in [0.2, 0.25) is 5.91 Å². The quantitative estimate of drug-likeness (QED) is 0.836. The third kappa shape index (κ3) is 4.31. The molecule has 0 radical (unpaired) electrons. The van der Waals surface area contributed by atoms with Gasteiger partial charge in [0.05, 0.1) is 18.7 Å². The van der Waals surface area contributed by atoms with Crippen LogP contribution in [0, 0.1) is 0 Å². The average molecular weight is 304 g/mol. The van der Waals surface area contributed by atoms with Crippen molar-refractivity contribution >= 4 is 11.8 Å². The number of methoxy groups -OCH3 is 1. The number of carbonyl (C=O) groups excluding carboxylic acids is 2. The van der Waals surface area contributed by atoms with Crippen molar-refractivity contribution < 1.29 is 14.3 Å². The van der Waals surface area contributed by atoms with Crippen LogP contribution in [0.25, 0.3) is 0 Å². The van der Waals surface area contributed by atoms with E-state index >= 15 is 0 Å². The summed E-state index contributed by atoms with van der Waals surface area (Å²) in [7, 11) is 1.59. The van der Waals surface area contributed by atoms with E-state index < -0.39 is 5.54 Å². The van der Waals surface area contributed by atoms with Crippen LogP contribution in [0.3, 0.4) is 0 Å². The summed E-state index contributed by atoms with van der Waals surface area (Å²) in [6.45, 7) is 4.12. The molecule has 0 fully saturated rings. The number of ether oxygens (including phenoxy) is 1. The molecular weight excluding hydrogens is 280 g/mol. The Balaban J connectivity index is 1.86. The minimum atomic E-state index is -0.454. The summed E-state index contributed by atoms with van der Waals surface area (Å²) in [6.07, 6.45) is 3.27. The molecule has 2 amide bonds. The molecule has 0 spiro atoms. The Morgan fingerprint density at radius 1 is 1.23 bits per heavy atom. The molecule has 1 aliphatic carbocycles. The molecule has 0 heterocycles. The molecule has 5 heteroatoms. The van der Waals surface area contributed by atoms with E-state index in [0.29, 0.717) is 12.2 Å². The van der Waals surface area contributed by atoms with Gasteiger partial charge in [-0.15, -0.1) is 0 Å². The first-order valence-electron chi connectivity index (χ1n) is 7.61. The van der Waals surface area contributed by atoms with Crippen molar-refractivity contribution in [2.45, 2.75) is 38.6 Å². The number of carbonyl (C=O) groups is 2. The number of benzene rings is 1. The van der Waals surface area contributed by atoms with E-state index in [1.165, 1.54) is 11.1 Å². The standard InChI is InChI=1S/C17H24N2O3/c1-17(2,11-22-3)19-15(20)10-18-16(21)14-8-7-12-5-4-6-13(12)9-14/h7-9H,4-6,10-11H2,1-3H3,(H,18,21)(H,19,20). The second kappa shape index (κ2) is 6.92. The van der Waals surface area contributed by atoms with E-state index in [1.807, 2.05) is 32.0 Å². The second-order valence-corrected chi connectivity index (χ2v) is 6.38. The highest BCUT2D eigenvalue weighted by Crippen LogP contribution is 2.22. The lowest BCUT2D eigenvalue weighted by atomic mass is 10.1. The lowest BCUT2D eigenvalue weighted by molar-refractivity contribution is -0.122. The SMILES string of the molecule is COCC(C)(C)NC(=O)CNC(=O)c1ccc2c(c1)CCC2. The number of amides is 2. The maximum Gasteiger partial charge on any atom is 0.251 e. The number of hydrogen-bond acceptors (Lipinski definition) is 3. The average Bonchev–Trinajstić information content (AvgIpc) is 2.91. The Bertz CT molecular complexity index is 567. The zero-order valence-corrected chi connectivity index (χ0v) is 13.5. The molecule has 0 bridgehead atoms. The number of nitrogens with one attached hydrogen (secondary N) is 2. The van der Waals surface area contributed by atoms with Gasteiger partial charge in [-0.25, -0.2) is 0 Å². The van der Waals surface area contributed by atoms with Crippen molar-refractivity contribution in [3.63, 3.8) is 0 Å². The summed E-state index contributed by atoms with van der Waals surface area (Å²) >= 11 is 0. The van der Waals surface area contributed by atoms with Crippen molar-refractivity contribution in [3.05, 3.63) is 34.9 Å². The van der Waals surface area contributed by atoms with Crippen LogP contribution in [0.2, 0.25) is 0 Å². The molecular formula is C17H24N2O3. The molecule has 1 aromatic carbocycles. The Morgan fingerprint density at radius 2 is 1.95 bits per heavy atom. The lowest BCUT2D eigenvalue weighted by Crippen LogP contribution is -2.50. The van der Waals surface area contributed by atoms with Gasteiger partial charge in [0.1, 0.15) is 0 Å². The predicted molar refractivity (Wildman–Crippen MR) is 84.9 cm³/mol. The van der Waals surface area contributed by atoms with E-state index in [1.54, 1.807) is 7.11 Å². The molecule has 5 nitrogen and oxygen atoms in total. The molecule has 0 unspecified atom stereocenters. The fourth-order valence-corrected chi connectivity index (χ4v) is 2.79. The molecule has 0 saturated heterocycles. The van der Waals surface area contributed by atoms with E-state index in [-0.39, 0.29) is 18.4 Å². The van der Waals surface area contributed by atoms with E-state index in [4.69, 9.17) is 4.74 Å². The van der Waals surface area contributed by atoms with Gasteiger partial charge in [-0.05, 0) is 56.4 Å². The van der Waals surface area contributed by atoms with Gasteiger partial charge in [0.25, 0.3) is 5.91 Å². The van der Waals surface area contributed by atoms with Crippen molar-refractivity contribution in [1.82, 2.24) is 10.6 Å². The van der Waals surface area contributed by atoms with Gasteiger partial charge >= 0.3 is 0 Å². The minimum Gasteiger partial charge on any atom is -0.382 e. The largest absolute Gasteiger partial charge is 0.382 e. The number of rotatable bonds is 6. The molecule has 120 valence electrons. The zero-order valence-electron chi connectivity index (χ0n) is 13.5. The molecule has 1 aliphatic rings.